The molecule has 1 saturated carbocycles. The number of hydrogen-bond acceptors (Lipinski definition) is 5. The number of unbranched alkanes of at least 4 members (excludes halogenated alkanes) is 1. The van der Waals surface area contributed by atoms with Gasteiger partial charge in [-0.3, -0.25) is 4.79 Å². The lowest BCUT2D eigenvalue weighted by molar-refractivity contribution is 0.0959. The summed E-state index contributed by atoms with van der Waals surface area (Å²) in [7, 11) is 0. The molecule has 1 aliphatic carbocycles. The van der Waals surface area contributed by atoms with Crippen molar-refractivity contribution in [3.8, 4) is 17.4 Å². The Labute approximate surface area is 166 Å². The van der Waals surface area contributed by atoms with Gasteiger partial charge in [0.2, 0.25) is 5.88 Å². The predicted molar refractivity (Wildman–Crippen MR) is 108 cm³/mol. The molecule has 28 heavy (non-hydrogen) atoms. The third kappa shape index (κ3) is 5.47. The average Bonchev–Trinajstić information content (AvgIpc) is 3.21. The van der Waals surface area contributed by atoms with E-state index in [1.165, 1.54) is 12.8 Å². The molecule has 1 fully saturated rings. The van der Waals surface area contributed by atoms with Gasteiger partial charge in [-0.05, 0) is 43.9 Å². The number of carbonyl (C=O) groups excluding carboxylic acids is 1. The number of phenols is 1. The Morgan fingerprint density at radius 3 is 2.57 bits per heavy atom. The Hall–Kier alpha value is -2.56. The lowest BCUT2D eigenvalue weighted by atomic mass is 9.95. The van der Waals surface area contributed by atoms with E-state index < -0.39 is 0 Å². The maximum Gasteiger partial charge on any atom is 0.213 e. The summed E-state index contributed by atoms with van der Waals surface area (Å²) in [6.45, 7) is 2.90. The monoisotopic (exact) mass is 383 g/mol. The second-order valence-electron chi connectivity index (χ2n) is 7.43. The van der Waals surface area contributed by atoms with Crippen LogP contribution in [-0.4, -0.2) is 29.1 Å². The molecule has 1 aromatic carbocycles. The number of rotatable bonds is 10. The van der Waals surface area contributed by atoms with Crippen LogP contribution in [0.3, 0.4) is 0 Å². The first-order valence-electron chi connectivity index (χ1n) is 10.2. The fourth-order valence-electron chi connectivity index (χ4n) is 3.65. The van der Waals surface area contributed by atoms with Gasteiger partial charge in [0.05, 0.1) is 18.8 Å². The van der Waals surface area contributed by atoms with Crippen LogP contribution in [0, 0.1) is 12.8 Å². The SMILES string of the molecule is Cc1c(OCCCCOc2ccccn2)ccc(C(=O)CC2CCCC2)c1O. The lowest BCUT2D eigenvalue weighted by Gasteiger charge is -2.14. The van der Waals surface area contributed by atoms with Gasteiger partial charge in [0.15, 0.2) is 5.78 Å². The van der Waals surface area contributed by atoms with Crippen molar-refractivity contribution in [2.45, 2.75) is 51.9 Å². The maximum atomic E-state index is 12.5. The first kappa shape index (κ1) is 20.2. The Kier molecular flexibility index (Phi) is 7.29. The zero-order valence-corrected chi connectivity index (χ0v) is 16.5. The Balaban J connectivity index is 1.44. The van der Waals surface area contributed by atoms with E-state index >= 15 is 0 Å². The van der Waals surface area contributed by atoms with E-state index in [4.69, 9.17) is 9.47 Å². The number of benzene rings is 1. The number of ketones is 1. The molecular weight excluding hydrogens is 354 g/mol. The molecule has 0 saturated heterocycles. The number of phenolic OH excluding ortho intramolecular Hbond substituents is 1. The second-order valence-corrected chi connectivity index (χ2v) is 7.43. The van der Waals surface area contributed by atoms with Crippen molar-refractivity contribution in [1.29, 1.82) is 0 Å². The summed E-state index contributed by atoms with van der Waals surface area (Å²) in [6, 6.07) is 9.06. The number of nitrogens with zero attached hydrogens (tertiary/aromatic N) is 1. The van der Waals surface area contributed by atoms with E-state index in [0.29, 0.717) is 48.3 Å². The van der Waals surface area contributed by atoms with Crippen molar-refractivity contribution in [1.82, 2.24) is 4.98 Å². The second kappa shape index (κ2) is 10.1. The van der Waals surface area contributed by atoms with Crippen LogP contribution >= 0.6 is 0 Å². The quantitative estimate of drug-likeness (QED) is 0.457. The number of aromatic hydroxyl groups is 1. The summed E-state index contributed by atoms with van der Waals surface area (Å²) in [5.41, 5.74) is 1.04. The van der Waals surface area contributed by atoms with Crippen molar-refractivity contribution >= 4 is 5.78 Å². The summed E-state index contributed by atoms with van der Waals surface area (Å²) in [5, 5.41) is 10.5. The van der Waals surface area contributed by atoms with Gasteiger partial charge >= 0.3 is 0 Å². The van der Waals surface area contributed by atoms with Gasteiger partial charge in [0, 0.05) is 24.2 Å². The molecule has 1 N–H and O–H groups in total. The van der Waals surface area contributed by atoms with Gasteiger partial charge in [-0.1, -0.05) is 31.7 Å². The van der Waals surface area contributed by atoms with Crippen molar-refractivity contribution in [3.63, 3.8) is 0 Å². The molecule has 1 heterocycles. The number of hydrogen-bond donors (Lipinski definition) is 1. The Morgan fingerprint density at radius 2 is 1.86 bits per heavy atom. The molecule has 3 rings (SSSR count). The fourth-order valence-corrected chi connectivity index (χ4v) is 3.65. The molecule has 0 radical (unpaired) electrons. The molecule has 1 aromatic heterocycles. The number of carbonyl (C=O) groups is 1. The molecule has 150 valence electrons. The summed E-state index contributed by atoms with van der Waals surface area (Å²) < 4.78 is 11.3. The number of Topliss-reactive ketones (excluding diaryl/α,β-unsaturated/α-hetero) is 1. The molecule has 0 spiro atoms. The number of ether oxygens (including phenoxy) is 2. The van der Waals surface area contributed by atoms with Crippen LogP contribution in [0.1, 0.15) is 60.9 Å². The maximum absolute atomic E-state index is 12.5. The lowest BCUT2D eigenvalue weighted by Crippen LogP contribution is -2.08. The van der Waals surface area contributed by atoms with E-state index in [9.17, 15) is 9.90 Å². The zero-order valence-electron chi connectivity index (χ0n) is 16.5. The molecule has 5 nitrogen and oxygen atoms in total. The normalized spacial score (nSPS) is 14.2. The molecule has 0 unspecified atom stereocenters. The average molecular weight is 383 g/mol. The summed E-state index contributed by atoms with van der Waals surface area (Å²) in [6.07, 6.45) is 8.58. The number of aromatic nitrogens is 1. The van der Waals surface area contributed by atoms with Crippen LogP contribution in [0.2, 0.25) is 0 Å². The van der Waals surface area contributed by atoms with Crippen molar-refractivity contribution in [2.24, 2.45) is 5.92 Å². The van der Waals surface area contributed by atoms with Gasteiger partial charge in [-0.25, -0.2) is 4.98 Å². The minimum atomic E-state index is 0.0331. The highest BCUT2D eigenvalue weighted by molar-refractivity contribution is 5.99. The van der Waals surface area contributed by atoms with Gasteiger partial charge in [-0.15, -0.1) is 0 Å². The summed E-state index contributed by atoms with van der Waals surface area (Å²) >= 11 is 0. The molecule has 2 aromatic rings. The minimum Gasteiger partial charge on any atom is -0.507 e. The highest BCUT2D eigenvalue weighted by Crippen LogP contribution is 2.34. The van der Waals surface area contributed by atoms with Crippen LogP contribution in [-0.2, 0) is 0 Å². The van der Waals surface area contributed by atoms with E-state index in [1.54, 1.807) is 25.3 Å². The minimum absolute atomic E-state index is 0.0331. The molecular formula is C23H29NO4. The van der Waals surface area contributed by atoms with Gasteiger partial charge < -0.3 is 14.6 Å². The van der Waals surface area contributed by atoms with Crippen molar-refractivity contribution in [2.75, 3.05) is 13.2 Å². The van der Waals surface area contributed by atoms with Crippen LogP contribution in [0.25, 0.3) is 0 Å². The van der Waals surface area contributed by atoms with Crippen LogP contribution in [0.5, 0.6) is 17.4 Å². The van der Waals surface area contributed by atoms with Crippen molar-refractivity contribution < 1.29 is 19.4 Å². The molecule has 1 aliphatic rings. The van der Waals surface area contributed by atoms with Gasteiger partial charge in [0.1, 0.15) is 11.5 Å². The van der Waals surface area contributed by atoms with E-state index in [2.05, 4.69) is 4.98 Å². The third-order valence-corrected chi connectivity index (χ3v) is 5.31. The zero-order chi connectivity index (χ0) is 19.8. The van der Waals surface area contributed by atoms with Gasteiger partial charge in [0.25, 0.3) is 0 Å². The molecule has 0 aliphatic heterocycles. The molecule has 0 atom stereocenters. The summed E-state index contributed by atoms with van der Waals surface area (Å²) in [5.74, 6) is 1.81. The van der Waals surface area contributed by atoms with Crippen LogP contribution < -0.4 is 9.47 Å². The largest absolute Gasteiger partial charge is 0.507 e. The first-order valence-corrected chi connectivity index (χ1v) is 10.2. The van der Waals surface area contributed by atoms with E-state index in [1.807, 2.05) is 18.2 Å². The van der Waals surface area contributed by atoms with E-state index in [0.717, 1.165) is 25.7 Å². The van der Waals surface area contributed by atoms with Crippen LogP contribution in [0.4, 0.5) is 0 Å². The molecule has 0 bridgehead atoms. The standard InChI is InChI=1S/C23H29NO4/c1-17-21(27-14-6-7-15-28-22-10-4-5-13-24-22)12-11-19(23(17)26)20(25)16-18-8-2-3-9-18/h4-5,10-13,18,26H,2-3,6-9,14-16H2,1H3. The van der Waals surface area contributed by atoms with E-state index in [-0.39, 0.29) is 11.5 Å². The van der Waals surface area contributed by atoms with Gasteiger partial charge in [-0.2, -0.15) is 0 Å². The fraction of sp³-hybridized carbons (Fsp3) is 0.478. The Bertz CT molecular complexity index is 770. The topological polar surface area (TPSA) is 68.7 Å². The predicted octanol–water partition coefficient (Wildman–Crippen LogP) is 5.10. The summed E-state index contributed by atoms with van der Waals surface area (Å²) in [4.78, 5) is 16.6. The first-order chi connectivity index (χ1) is 13.6. The third-order valence-electron chi connectivity index (χ3n) is 5.31. The molecule has 5 heteroatoms. The van der Waals surface area contributed by atoms with Crippen LogP contribution in [0.15, 0.2) is 36.5 Å². The van der Waals surface area contributed by atoms with Crippen molar-refractivity contribution in [3.05, 3.63) is 47.7 Å². The molecule has 0 amide bonds. The highest BCUT2D eigenvalue weighted by atomic mass is 16.5. The highest BCUT2D eigenvalue weighted by Gasteiger charge is 2.22. The Morgan fingerprint density at radius 1 is 1.11 bits per heavy atom. The smallest absolute Gasteiger partial charge is 0.213 e. The number of pyridine rings is 1.